The smallest absolute Gasteiger partial charge is 0.244 e. The summed E-state index contributed by atoms with van der Waals surface area (Å²) in [5.41, 5.74) is 0.537. The lowest BCUT2D eigenvalue weighted by molar-refractivity contribution is -0.118. The minimum atomic E-state index is -0.657. The zero-order valence-corrected chi connectivity index (χ0v) is 12.2. The Labute approximate surface area is 121 Å². The highest BCUT2D eigenvalue weighted by atomic mass is 35.5. The molecule has 0 aromatic heterocycles. The quantitative estimate of drug-likeness (QED) is 0.870. The monoisotopic (exact) mass is 304 g/mol. The molecule has 0 radical (unpaired) electrons. The number of nitrogens with one attached hydrogen (secondary N) is 1. The van der Waals surface area contributed by atoms with Gasteiger partial charge in [-0.25, -0.2) is 4.39 Å². The molecule has 1 N–H and O–H groups in total. The summed E-state index contributed by atoms with van der Waals surface area (Å²) in [5.74, 6) is -0.692. The number of hydrogen-bond acceptors (Lipinski definition) is 2. The van der Waals surface area contributed by atoms with Crippen LogP contribution < -0.4 is 10.2 Å². The van der Waals surface area contributed by atoms with Crippen molar-refractivity contribution < 1.29 is 9.18 Å². The average molecular weight is 305 g/mol. The van der Waals surface area contributed by atoms with Crippen molar-refractivity contribution in [3.8, 4) is 0 Å². The maximum atomic E-state index is 13.4. The SMILES string of the molecule is CC(C)NC1CCN(c2cc(Cl)c(F)c(Cl)c2)C1=O. The molecule has 1 aliphatic heterocycles. The molecule has 104 valence electrons. The van der Waals surface area contributed by atoms with Gasteiger partial charge in [0.2, 0.25) is 5.91 Å². The van der Waals surface area contributed by atoms with Crippen LogP contribution in [0.1, 0.15) is 20.3 Å². The molecule has 3 nitrogen and oxygen atoms in total. The first-order valence-electron chi connectivity index (χ1n) is 6.12. The average Bonchev–Trinajstić information content (AvgIpc) is 2.67. The van der Waals surface area contributed by atoms with E-state index in [0.29, 0.717) is 18.7 Å². The van der Waals surface area contributed by atoms with E-state index >= 15 is 0 Å². The van der Waals surface area contributed by atoms with Gasteiger partial charge in [0.05, 0.1) is 16.1 Å². The zero-order chi connectivity index (χ0) is 14.2. The van der Waals surface area contributed by atoms with Gasteiger partial charge in [-0.15, -0.1) is 0 Å². The summed E-state index contributed by atoms with van der Waals surface area (Å²) in [6.07, 6.45) is 0.712. The van der Waals surface area contributed by atoms with E-state index in [4.69, 9.17) is 23.2 Å². The molecule has 1 saturated heterocycles. The third-order valence-corrected chi connectivity index (χ3v) is 3.57. The molecule has 0 aliphatic carbocycles. The Morgan fingerprint density at radius 1 is 1.37 bits per heavy atom. The van der Waals surface area contributed by atoms with Crippen molar-refractivity contribution >= 4 is 34.8 Å². The molecule has 1 aromatic rings. The fourth-order valence-electron chi connectivity index (χ4n) is 2.19. The summed E-state index contributed by atoms with van der Waals surface area (Å²) < 4.78 is 13.4. The van der Waals surface area contributed by atoms with Gasteiger partial charge in [0, 0.05) is 18.3 Å². The van der Waals surface area contributed by atoms with Gasteiger partial charge in [-0.1, -0.05) is 37.0 Å². The lowest BCUT2D eigenvalue weighted by Gasteiger charge is -2.19. The molecule has 2 rings (SSSR count). The molecular weight excluding hydrogens is 290 g/mol. The molecule has 1 fully saturated rings. The van der Waals surface area contributed by atoms with E-state index in [0.717, 1.165) is 0 Å². The Hall–Kier alpha value is -0.840. The molecular formula is C13H15Cl2FN2O. The minimum absolute atomic E-state index is 0.0348. The lowest BCUT2D eigenvalue weighted by Crippen LogP contribution is -2.41. The molecule has 1 unspecified atom stereocenters. The highest BCUT2D eigenvalue weighted by Crippen LogP contribution is 2.31. The third-order valence-electron chi connectivity index (χ3n) is 3.02. The van der Waals surface area contributed by atoms with Gasteiger partial charge in [0.15, 0.2) is 5.82 Å². The van der Waals surface area contributed by atoms with Crippen LogP contribution in [0.25, 0.3) is 0 Å². The van der Waals surface area contributed by atoms with E-state index in [1.807, 2.05) is 13.8 Å². The molecule has 1 aliphatic rings. The standard InChI is InChI=1S/C13H15Cl2FN2O/c1-7(2)17-11-3-4-18(13(11)19)8-5-9(14)12(16)10(15)6-8/h5-7,11,17H,3-4H2,1-2H3. The van der Waals surface area contributed by atoms with Crippen LogP contribution in [-0.2, 0) is 4.79 Å². The fraction of sp³-hybridized carbons (Fsp3) is 0.462. The Kier molecular flexibility index (Phi) is 4.33. The van der Waals surface area contributed by atoms with E-state index < -0.39 is 5.82 Å². The summed E-state index contributed by atoms with van der Waals surface area (Å²) in [4.78, 5) is 13.8. The van der Waals surface area contributed by atoms with E-state index in [2.05, 4.69) is 5.32 Å². The van der Waals surface area contributed by atoms with E-state index in [9.17, 15) is 9.18 Å². The lowest BCUT2D eigenvalue weighted by atomic mass is 10.2. The molecule has 1 heterocycles. The van der Waals surface area contributed by atoms with E-state index in [1.54, 1.807) is 4.90 Å². The van der Waals surface area contributed by atoms with Crippen molar-refractivity contribution in [2.75, 3.05) is 11.4 Å². The fourth-order valence-corrected chi connectivity index (χ4v) is 2.67. The van der Waals surface area contributed by atoms with Gasteiger partial charge < -0.3 is 10.2 Å². The Morgan fingerprint density at radius 3 is 2.47 bits per heavy atom. The highest BCUT2D eigenvalue weighted by molar-refractivity contribution is 6.35. The second-order valence-electron chi connectivity index (χ2n) is 4.88. The summed E-state index contributed by atoms with van der Waals surface area (Å²) >= 11 is 11.5. The van der Waals surface area contributed by atoms with Gasteiger partial charge in [-0.05, 0) is 18.6 Å². The number of benzene rings is 1. The topological polar surface area (TPSA) is 32.3 Å². The van der Waals surface area contributed by atoms with Crippen LogP contribution in [0.3, 0.4) is 0 Å². The largest absolute Gasteiger partial charge is 0.311 e. The predicted molar refractivity (Wildman–Crippen MR) is 75.4 cm³/mol. The van der Waals surface area contributed by atoms with Crippen molar-refractivity contribution in [3.63, 3.8) is 0 Å². The minimum Gasteiger partial charge on any atom is -0.311 e. The van der Waals surface area contributed by atoms with Crippen LogP contribution in [0.15, 0.2) is 12.1 Å². The Bertz CT molecular complexity index is 484. The van der Waals surface area contributed by atoms with Crippen molar-refractivity contribution in [2.24, 2.45) is 0 Å². The molecule has 0 bridgehead atoms. The molecule has 0 spiro atoms. The van der Waals surface area contributed by atoms with Crippen LogP contribution >= 0.6 is 23.2 Å². The number of amides is 1. The van der Waals surface area contributed by atoms with Crippen LogP contribution in [0.2, 0.25) is 10.0 Å². The van der Waals surface area contributed by atoms with Crippen LogP contribution in [0.5, 0.6) is 0 Å². The molecule has 0 saturated carbocycles. The van der Waals surface area contributed by atoms with Crippen molar-refractivity contribution in [1.82, 2.24) is 5.32 Å². The number of rotatable bonds is 3. The normalized spacial score (nSPS) is 19.6. The van der Waals surface area contributed by atoms with Gasteiger partial charge in [-0.2, -0.15) is 0 Å². The summed E-state index contributed by atoms with van der Waals surface area (Å²) in [5, 5.41) is 3.05. The van der Waals surface area contributed by atoms with Crippen LogP contribution in [0, 0.1) is 5.82 Å². The number of carbonyl (C=O) groups excluding carboxylic acids is 1. The number of anilines is 1. The van der Waals surface area contributed by atoms with Crippen LogP contribution in [0.4, 0.5) is 10.1 Å². The predicted octanol–water partition coefficient (Wildman–Crippen LogP) is 3.24. The summed E-state index contributed by atoms with van der Waals surface area (Å²) in [7, 11) is 0. The Morgan fingerprint density at radius 2 is 1.95 bits per heavy atom. The second-order valence-corrected chi connectivity index (χ2v) is 5.69. The molecule has 1 aromatic carbocycles. The first kappa shape index (κ1) is 14.6. The number of hydrogen-bond donors (Lipinski definition) is 1. The molecule has 6 heteroatoms. The summed E-state index contributed by atoms with van der Waals surface area (Å²) in [6.45, 7) is 4.55. The maximum Gasteiger partial charge on any atom is 0.244 e. The maximum absolute atomic E-state index is 13.4. The van der Waals surface area contributed by atoms with E-state index in [1.165, 1.54) is 12.1 Å². The van der Waals surface area contributed by atoms with Crippen molar-refractivity contribution in [1.29, 1.82) is 0 Å². The van der Waals surface area contributed by atoms with Gasteiger partial charge in [0.25, 0.3) is 0 Å². The third kappa shape index (κ3) is 3.02. The second kappa shape index (κ2) is 5.65. The van der Waals surface area contributed by atoms with Gasteiger partial charge in [-0.3, -0.25) is 4.79 Å². The van der Waals surface area contributed by atoms with Gasteiger partial charge >= 0.3 is 0 Å². The summed E-state index contributed by atoms with van der Waals surface area (Å²) in [6, 6.07) is 2.88. The van der Waals surface area contributed by atoms with Crippen molar-refractivity contribution in [2.45, 2.75) is 32.4 Å². The number of carbonyl (C=O) groups is 1. The van der Waals surface area contributed by atoms with Crippen molar-refractivity contribution in [3.05, 3.63) is 28.0 Å². The molecule has 1 atom stereocenters. The van der Waals surface area contributed by atoms with E-state index in [-0.39, 0.29) is 28.0 Å². The van der Waals surface area contributed by atoms with Crippen LogP contribution in [-0.4, -0.2) is 24.5 Å². The molecule has 19 heavy (non-hydrogen) atoms. The zero-order valence-electron chi connectivity index (χ0n) is 10.7. The first-order chi connectivity index (χ1) is 8.90. The first-order valence-corrected chi connectivity index (χ1v) is 6.87. The Balaban J connectivity index is 2.22. The number of halogens is 3. The molecule has 1 amide bonds. The number of nitrogens with zero attached hydrogens (tertiary/aromatic N) is 1. The highest BCUT2D eigenvalue weighted by Gasteiger charge is 2.33. The van der Waals surface area contributed by atoms with Gasteiger partial charge in [0.1, 0.15) is 0 Å².